The third kappa shape index (κ3) is 0.756. The number of hydrogen-bond acceptors (Lipinski definition) is 0. The van der Waals surface area contributed by atoms with E-state index in [1.165, 1.54) is 18.4 Å². The molecule has 0 fully saturated rings. The van der Waals surface area contributed by atoms with Crippen molar-refractivity contribution in [1.82, 2.24) is 0 Å². The third-order valence-corrected chi connectivity index (χ3v) is 2.51. The molecule has 2 atom stereocenters. The summed E-state index contributed by atoms with van der Waals surface area (Å²) in [6, 6.07) is 0. The molecule has 0 saturated heterocycles. The SMILES string of the molecule is C=C1C=CCC2C=CCC12. The molecule has 0 amide bonds. The quantitative estimate of drug-likeness (QED) is 0.444. The predicted molar refractivity (Wildman–Crippen MR) is 43.6 cm³/mol. The molecule has 0 nitrogen and oxygen atoms in total. The summed E-state index contributed by atoms with van der Waals surface area (Å²) in [6.45, 7) is 4.03. The molecule has 0 aromatic heterocycles. The van der Waals surface area contributed by atoms with Gasteiger partial charge in [0.15, 0.2) is 0 Å². The molecule has 2 unspecified atom stereocenters. The lowest BCUT2D eigenvalue weighted by molar-refractivity contribution is 0.487. The maximum Gasteiger partial charge on any atom is -0.00675 e. The van der Waals surface area contributed by atoms with Crippen molar-refractivity contribution in [3.05, 3.63) is 36.5 Å². The number of hydrogen-bond donors (Lipinski definition) is 0. The van der Waals surface area contributed by atoms with Gasteiger partial charge in [-0.05, 0) is 24.7 Å². The number of rotatable bonds is 0. The molecule has 52 valence electrons. The molecule has 10 heavy (non-hydrogen) atoms. The topological polar surface area (TPSA) is 0 Å². The van der Waals surface area contributed by atoms with Gasteiger partial charge in [0, 0.05) is 0 Å². The van der Waals surface area contributed by atoms with E-state index < -0.39 is 0 Å². The summed E-state index contributed by atoms with van der Waals surface area (Å²) in [5.74, 6) is 1.52. The normalized spacial score (nSPS) is 36.6. The Kier molecular flexibility index (Phi) is 1.26. The molecule has 0 aromatic rings. The van der Waals surface area contributed by atoms with Crippen molar-refractivity contribution in [1.29, 1.82) is 0 Å². The average Bonchev–Trinajstić information content (AvgIpc) is 2.36. The maximum absolute atomic E-state index is 4.03. The van der Waals surface area contributed by atoms with Crippen LogP contribution in [0.15, 0.2) is 36.5 Å². The van der Waals surface area contributed by atoms with Gasteiger partial charge >= 0.3 is 0 Å². The summed E-state index contributed by atoms with van der Waals surface area (Å²) in [4.78, 5) is 0. The van der Waals surface area contributed by atoms with E-state index in [1.54, 1.807) is 0 Å². The van der Waals surface area contributed by atoms with E-state index in [1.807, 2.05) is 0 Å². The summed E-state index contributed by atoms with van der Waals surface area (Å²) in [5, 5.41) is 0. The highest BCUT2D eigenvalue weighted by atomic mass is 14.3. The predicted octanol–water partition coefficient (Wildman–Crippen LogP) is 2.69. The highest BCUT2D eigenvalue weighted by Gasteiger charge is 2.25. The second-order valence-corrected chi connectivity index (χ2v) is 3.15. The molecular formula is C10H12. The monoisotopic (exact) mass is 132 g/mol. The molecule has 0 heteroatoms. The fraction of sp³-hybridized carbons (Fsp3) is 0.400. The van der Waals surface area contributed by atoms with Gasteiger partial charge in [-0.3, -0.25) is 0 Å². The van der Waals surface area contributed by atoms with E-state index in [-0.39, 0.29) is 0 Å². The molecule has 0 heterocycles. The van der Waals surface area contributed by atoms with Crippen LogP contribution in [-0.2, 0) is 0 Å². The van der Waals surface area contributed by atoms with E-state index in [2.05, 4.69) is 30.9 Å². The van der Waals surface area contributed by atoms with E-state index >= 15 is 0 Å². The van der Waals surface area contributed by atoms with Gasteiger partial charge < -0.3 is 0 Å². The summed E-state index contributed by atoms with van der Waals surface area (Å²) >= 11 is 0. The van der Waals surface area contributed by atoms with E-state index in [0.29, 0.717) is 0 Å². The molecule has 0 saturated carbocycles. The first kappa shape index (κ1) is 5.96. The highest BCUT2D eigenvalue weighted by molar-refractivity contribution is 5.28. The van der Waals surface area contributed by atoms with Gasteiger partial charge in [-0.1, -0.05) is 36.5 Å². The Morgan fingerprint density at radius 3 is 3.00 bits per heavy atom. The first-order valence-corrected chi connectivity index (χ1v) is 3.90. The minimum absolute atomic E-state index is 0.741. The third-order valence-electron chi connectivity index (χ3n) is 2.51. The van der Waals surface area contributed by atoms with E-state index in [9.17, 15) is 0 Å². The van der Waals surface area contributed by atoms with Crippen LogP contribution in [0.3, 0.4) is 0 Å². The van der Waals surface area contributed by atoms with Gasteiger partial charge in [-0.15, -0.1) is 0 Å². The lowest BCUT2D eigenvalue weighted by atomic mass is 9.83. The molecule has 2 aliphatic carbocycles. The van der Waals surface area contributed by atoms with Gasteiger partial charge in [0.2, 0.25) is 0 Å². The van der Waals surface area contributed by atoms with Gasteiger partial charge in [0.25, 0.3) is 0 Å². The summed E-state index contributed by atoms with van der Waals surface area (Å²) in [5.41, 5.74) is 1.32. The lowest BCUT2D eigenvalue weighted by Crippen LogP contribution is -2.11. The minimum atomic E-state index is 0.741. The van der Waals surface area contributed by atoms with Crippen LogP contribution in [0.25, 0.3) is 0 Å². The summed E-state index contributed by atoms with van der Waals surface area (Å²) in [7, 11) is 0. The molecule has 0 spiro atoms. The first-order valence-electron chi connectivity index (χ1n) is 3.90. The summed E-state index contributed by atoms with van der Waals surface area (Å²) < 4.78 is 0. The Labute approximate surface area is 61.9 Å². The van der Waals surface area contributed by atoms with Gasteiger partial charge in [0.05, 0.1) is 0 Å². The van der Waals surface area contributed by atoms with Crippen molar-refractivity contribution in [2.45, 2.75) is 12.8 Å². The van der Waals surface area contributed by atoms with Gasteiger partial charge in [-0.25, -0.2) is 0 Å². The van der Waals surface area contributed by atoms with Crippen LogP contribution < -0.4 is 0 Å². The fourth-order valence-electron chi connectivity index (χ4n) is 1.88. The van der Waals surface area contributed by atoms with Crippen molar-refractivity contribution in [2.24, 2.45) is 11.8 Å². The van der Waals surface area contributed by atoms with E-state index in [0.717, 1.165) is 11.8 Å². The Bertz CT molecular complexity index is 208. The Morgan fingerprint density at radius 2 is 2.20 bits per heavy atom. The Morgan fingerprint density at radius 1 is 1.30 bits per heavy atom. The molecule has 0 radical (unpaired) electrons. The second-order valence-electron chi connectivity index (χ2n) is 3.15. The number of fused-ring (bicyclic) bond motifs is 1. The molecule has 0 aliphatic heterocycles. The van der Waals surface area contributed by atoms with Crippen LogP contribution in [0.1, 0.15) is 12.8 Å². The lowest BCUT2D eigenvalue weighted by Gasteiger charge is -2.22. The average molecular weight is 132 g/mol. The number of allylic oxidation sites excluding steroid dienone is 5. The fourth-order valence-corrected chi connectivity index (χ4v) is 1.88. The standard InChI is InChI=1S/C10H12/c1-8-4-2-5-9-6-3-7-10(8)9/h2-4,6,9-10H,1,5,7H2. The van der Waals surface area contributed by atoms with Crippen molar-refractivity contribution in [3.8, 4) is 0 Å². The van der Waals surface area contributed by atoms with Crippen molar-refractivity contribution in [2.75, 3.05) is 0 Å². The zero-order valence-corrected chi connectivity index (χ0v) is 6.09. The molecular weight excluding hydrogens is 120 g/mol. The van der Waals surface area contributed by atoms with Crippen molar-refractivity contribution in [3.63, 3.8) is 0 Å². The Hall–Kier alpha value is -0.780. The zero-order chi connectivity index (χ0) is 6.97. The molecule has 0 bridgehead atoms. The van der Waals surface area contributed by atoms with Crippen LogP contribution in [0.5, 0.6) is 0 Å². The zero-order valence-electron chi connectivity index (χ0n) is 6.09. The minimum Gasteiger partial charge on any atom is -0.0955 e. The molecule has 2 rings (SSSR count). The van der Waals surface area contributed by atoms with Crippen LogP contribution in [0.4, 0.5) is 0 Å². The molecule has 0 N–H and O–H groups in total. The van der Waals surface area contributed by atoms with Crippen LogP contribution in [-0.4, -0.2) is 0 Å². The van der Waals surface area contributed by atoms with Gasteiger partial charge in [0.1, 0.15) is 0 Å². The second kappa shape index (κ2) is 2.12. The van der Waals surface area contributed by atoms with Crippen molar-refractivity contribution >= 4 is 0 Å². The van der Waals surface area contributed by atoms with E-state index in [4.69, 9.17) is 0 Å². The van der Waals surface area contributed by atoms with Crippen molar-refractivity contribution < 1.29 is 0 Å². The first-order chi connectivity index (χ1) is 4.88. The molecule has 2 aliphatic rings. The Balaban J connectivity index is 2.25. The smallest absolute Gasteiger partial charge is 0.00675 e. The highest BCUT2D eigenvalue weighted by Crippen LogP contribution is 2.36. The van der Waals surface area contributed by atoms with Gasteiger partial charge in [-0.2, -0.15) is 0 Å². The largest absolute Gasteiger partial charge is 0.0955 e. The summed E-state index contributed by atoms with van der Waals surface area (Å²) in [6.07, 6.45) is 11.5. The maximum atomic E-state index is 4.03. The molecule has 0 aromatic carbocycles. The van der Waals surface area contributed by atoms with Crippen LogP contribution in [0, 0.1) is 11.8 Å². The van der Waals surface area contributed by atoms with Crippen LogP contribution >= 0.6 is 0 Å². The van der Waals surface area contributed by atoms with Crippen LogP contribution in [0.2, 0.25) is 0 Å².